The number of benzene rings is 1. The average Bonchev–Trinajstić information content (AvgIpc) is 3.07. The first-order valence-corrected chi connectivity index (χ1v) is 9.99. The van der Waals surface area contributed by atoms with E-state index in [2.05, 4.69) is 14.8 Å². The van der Waals surface area contributed by atoms with Crippen LogP contribution in [-0.2, 0) is 6.42 Å². The van der Waals surface area contributed by atoms with Gasteiger partial charge in [0, 0.05) is 24.4 Å². The second kappa shape index (κ2) is 8.45. The van der Waals surface area contributed by atoms with Crippen molar-refractivity contribution in [1.82, 2.24) is 14.6 Å². The van der Waals surface area contributed by atoms with E-state index in [4.69, 9.17) is 0 Å². The van der Waals surface area contributed by atoms with Crippen LogP contribution in [0.2, 0.25) is 0 Å². The van der Waals surface area contributed by atoms with Gasteiger partial charge in [0.05, 0.1) is 22.5 Å². The molecule has 0 amide bonds. The van der Waals surface area contributed by atoms with E-state index in [1.807, 2.05) is 38.2 Å². The average molecular weight is 439 g/mol. The molecule has 32 heavy (non-hydrogen) atoms. The number of pyridine rings is 2. The number of aromatic nitrogens is 3. The molecule has 3 aromatic heterocycles. The Morgan fingerprint density at radius 1 is 1.06 bits per heavy atom. The van der Waals surface area contributed by atoms with Gasteiger partial charge in [-0.25, -0.2) is 4.52 Å². The van der Waals surface area contributed by atoms with Crippen LogP contribution >= 0.6 is 0 Å². The summed E-state index contributed by atoms with van der Waals surface area (Å²) in [4.78, 5) is 17.3. The number of fused-ring (bicyclic) bond motifs is 1. The number of Topliss-reactive ketones (excluding diaryl/α,β-unsaturated/α-hetero) is 1. The Morgan fingerprint density at radius 2 is 1.81 bits per heavy atom. The van der Waals surface area contributed by atoms with E-state index in [9.17, 15) is 18.0 Å². The molecule has 0 unspecified atom stereocenters. The van der Waals surface area contributed by atoms with Crippen LogP contribution in [0, 0.1) is 13.8 Å². The predicted octanol–water partition coefficient (Wildman–Crippen LogP) is 5.73. The van der Waals surface area contributed by atoms with Gasteiger partial charge < -0.3 is 4.74 Å². The minimum absolute atomic E-state index is 0.0208. The Labute approximate surface area is 182 Å². The zero-order valence-electron chi connectivity index (χ0n) is 17.5. The van der Waals surface area contributed by atoms with E-state index < -0.39 is 6.36 Å². The standard InChI is InChI=1S/C24H20F3N3O2/c1-15-11-12-30-21(13-15)23(16(2)29-30)22(31)10-4-17-3-9-20(28-14-17)18-5-7-19(8-6-18)32-24(25,26)27/h3,5-9,11-14H,4,10H2,1-2H3. The first kappa shape index (κ1) is 21.5. The van der Waals surface area contributed by atoms with Gasteiger partial charge in [0.15, 0.2) is 5.78 Å². The first-order chi connectivity index (χ1) is 15.2. The zero-order chi connectivity index (χ0) is 22.9. The Kier molecular flexibility index (Phi) is 5.69. The summed E-state index contributed by atoms with van der Waals surface area (Å²) in [5.41, 5.74) is 5.38. The van der Waals surface area contributed by atoms with Crippen molar-refractivity contribution in [3.63, 3.8) is 0 Å². The fraction of sp³-hybridized carbons (Fsp3) is 0.208. The fourth-order valence-corrected chi connectivity index (χ4v) is 3.57. The molecule has 0 saturated carbocycles. The summed E-state index contributed by atoms with van der Waals surface area (Å²) in [7, 11) is 0. The summed E-state index contributed by atoms with van der Waals surface area (Å²) >= 11 is 0. The van der Waals surface area contributed by atoms with Crippen LogP contribution in [0.1, 0.15) is 33.6 Å². The molecule has 0 aliphatic carbocycles. The van der Waals surface area contributed by atoms with Gasteiger partial charge in [-0.2, -0.15) is 5.10 Å². The molecule has 164 valence electrons. The van der Waals surface area contributed by atoms with Crippen LogP contribution < -0.4 is 4.74 Å². The number of carbonyl (C=O) groups is 1. The van der Waals surface area contributed by atoms with Crippen LogP contribution in [0.3, 0.4) is 0 Å². The molecule has 0 spiro atoms. The molecule has 0 radical (unpaired) electrons. The van der Waals surface area contributed by atoms with Crippen molar-refractivity contribution in [1.29, 1.82) is 0 Å². The molecule has 0 fully saturated rings. The van der Waals surface area contributed by atoms with Gasteiger partial charge in [0.2, 0.25) is 0 Å². The van der Waals surface area contributed by atoms with Crippen molar-refractivity contribution < 1.29 is 22.7 Å². The van der Waals surface area contributed by atoms with Gasteiger partial charge in [0.25, 0.3) is 0 Å². The van der Waals surface area contributed by atoms with Crippen LogP contribution in [0.15, 0.2) is 60.9 Å². The minimum atomic E-state index is -4.72. The Balaban J connectivity index is 1.43. The van der Waals surface area contributed by atoms with Crippen molar-refractivity contribution in [3.8, 4) is 17.0 Å². The molecule has 0 N–H and O–H groups in total. The molecule has 0 saturated heterocycles. The van der Waals surface area contributed by atoms with Crippen LogP contribution in [0.25, 0.3) is 16.8 Å². The van der Waals surface area contributed by atoms with Gasteiger partial charge in [-0.3, -0.25) is 9.78 Å². The molecule has 5 nitrogen and oxygen atoms in total. The number of nitrogens with zero attached hydrogens (tertiary/aromatic N) is 3. The minimum Gasteiger partial charge on any atom is -0.406 e. The number of hydrogen-bond donors (Lipinski definition) is 0. The highest BCUT2D eigenvalue weighted by molar-refractivity contribution is 6.03. The van der Waals surface area contributed by atoms with Crippen molar-refractivity contribution in [2.75, 3.05) is 0 Å². The lowest BCUT2D eigenvalue weighted by Crippen LogP contribution is -2.16. The SMILES string of the molecule is Cc1ccn2nc(C)c(C(=O)CCc3ccc(-c4ccc(OC(F)(F)F)cc4)nc3)c2c1. The monoisotopic (exact) mass is 439 g/mol. The number of hydrogen-bond acceptors (Lipinski definition) is 4. The van der Waals surface area contributed by atoms with Gasteiger partial charge in [0.1, 0.15) is 5.75 Å². The number of ether oxygens (including phenoxy) is 1. The summed E-state index contributed by atoms with van der Waals surface area (Å²) < 4.78 is 42.4. The van der Waals surface area contributed by atoms with Crippen LogP contribution in [0.4, 0.5) is 13.2 Å². The predicted molar refractivity (Wildman–Crippen MR) is 114 cm³/mol. The lowest BCUT2D eigenvalue weighted by molar-refractivity contribution is -0.274. The summed E-state index contributed by atoms with van der Waals surface area (Å²) in [6.45, 7) is 3.80. The lowest BCUT2D eigenvalue weighted by atomic mass is 10.0. The fourth-order valence-electron chi connectivity index (χ4n) is 3.57. The molecule has 0 aliphatic rings. The lowest BCUT2D eigenvalue weighted by Gasteiger charge is -2.09. The number of carbonyl (C=O) groups excluding carboxylic acids is 1. The number of halogens is 3. The maximum Gasteiger partial charge on any atom is 0.573 e. The molecule has 8 heteroatoms. The van der Waals surface area contributed by atoms with Gasteiger partial charge in [-0.15, -0.1) is 13.2 Å². The number of ketones is 1. The van der Waals surface area contributed by atoms with E-state index in [1.54, 1.807) is 16.8 Å². The molecular formula is C24H20F3N3O2. The maximum absolute atomic E-state index is 12.9. The molecule has 0 bridgehead atoms. The van der Waals surface area contributed by atoms with E-state index in [0.29, 0.717) is 35.4 Å². The third-order valence-electron chi connectivity index (χ3n) is 5.09. The van der Waals surface area contributed by atoms with Gasteiger partial charge in [-0.05, 0) is 73.9 Å². The summed E-state index contributed by atoms with van der Waals surface area (Å²) in [5.74, 6) is -0.262. The summed E-state index contributed by atoms with van der Waals surface area (Å²) in [5, 5.41) is 4.41. The molecule has 3 heterocycles. The molecule has 4 rings (SSSR count). The Bertz CT molecular complexity index is 1260. The molecule has 4 aromatic rings. The van der Waals surface area contributed by atoms with Gasteiger partial charge >= 0.3 is 6.36 Å². The quantitative estimate of drug-likeness (QED) is 0.360. The third kappa shape index (κ3) is 4.80. The van der Waals surface area contributed by atoms with Crippen LogP contribution in [0.5, 0.6) is 5.75 Å². The number of alkyl halides is 3. The van der Waals surface area contributed by atoms with E-state index >= 15 is 0 Å². The second-order valence-electron chi connectivity index (χ2n) is 7.54. The maximum atomic E-state index is 12.9. The van der Waals surface area contributed by atoms with Crippen molar-refractivity contribution in [2.45, 2.75) is 33.1 Å². The molecule has 0 aliphatic heterocycles. The molecular weight excluding hydrogens is 419 g/mol. The number of aryl methyl sites for hydroxylation is 3. The Hall–Kier alpha value is -3.68. The third-order valence-corrected chi connectivity index (χ3v) is 5.09. The zero-order valence-corrected chi connectivity index (χ0v) is 17.5. The Morgan fingerprint density at radius 3 is 2.47 bits per heavy atom. The molecule has 1 aromatic carbocycles. The smallest absolute Gasteiger partial charge is 0.406 e. The van der Waals surface area contributed by atoms with E-state index in [0.717, 1.165) is 16.6 Å². The summed E-state index contributed by atoms with van der Waals surface area (Å²) in [6.07, 6.45) is -0.359. The van der Waals surface area contributed by atoms with E-state index in [-0.39, 0.29) is 11.5 Å². The highest BCUT2D eigenvalue weighted by atomic mass is 19.4. The van der Waals surface area contributed by atoms with Crippen molar-refractivity contribution in [2.24, 2.45) is 0 Å². The normalized spacial score (nSPS) is 11.7. The highest BCUT2D eigenvalue weighted by Gasteiger charge is 2.31. The van der Waals surface area contributed by atoms with Crippen LogP contribution in [-0.4, -0.2) is 26.7 Å². The topological polar surface area (TPSA) is 56.5 Å². The molecule has 0 atom stereocenters. The number of rotatable bonds is 6. The van der Waals surface area contributed by atoms with E-state index in [1.165, 1.54) is 24.3 Å². The highest BCUT2D eigenvalue weighted by Crippen LogP contribution is 2.26. The van der Waals surface area contributed by atoms with Gasteiger partial charge in [-0.1, -0.05) is 6.07 Å². The van der Waals surface area contributed by atoms with Crippen molar-refractivity contribution in [3.05, 3.63) is 83.3 Å². The first-order valence-electron chi connectivity index (χ1n) is 9.99. The second-order valence-corrected chi connectivity index (χ2v) is 7.54. The summed E-state index contributed by atoms with van der Waals surface area (Å²) in [6, 6.07) is 13.1. The largest absolute Gasteiger partial charge is 0.573 e. The van der Waals surface area contributed by atoms with Crippen molar-refractivity contribution >= 4 is 11.3 Å².